The number of sulfonamides is 1. The van der Waals surface area contributed by atoms with Gasteiger partial charge in [0.2, 0.25) is 10.0 Å². The summed E-state index contributed by atoms with van der Waals surface area (Å²) in [7, 11) is -2.03. The monoisotopic (exact) mass is 380 g/mol. The van der Waals surface area contributed by atoms with Gasteiger partial charge in [-0.3, -0.25) is 4.31 Å². The van der Waals surface area contributed by atoms with E-state index in [4.69, 9.17) is 0 Å². The maximum absolute atomic E-state index is 11.8. The summed E-state index contributed by atoms with van der Waals surface area (Å²) in [5.41, 5.74) is 1.20. The molecule has 0 aromatic carbocycles. The summed E-state index contributed by atoms with van der Waals surface area (Å²) in [6.07, 6.45) is 5.69. The average Bonchev–Trinajstić information content (AvgIpc) is 2.96. The summed E-state index contributed by atoms with van der Waals surface area (Å²) in [5.74, 6) is 0.827. The van der Waals surface area contributed by atoms with Crippen LogP contribution < -0.4 is 9.62 Å². The zero-order valence-corrected chi connectivity index (χ0v) is 15.4. The van der Waals surface area contributed by atoms with Crippen LogP contribution >= 0.6 is 0 Å². The van der Waals surface area contributed by atoms with Gasteiger partial charge in [0.1, 0.15) is 12.1 Å². The molecule has 0 bridgehead atoms. The van der Waals surface area contributed by atoms with E-state index in [0.717, 1.165) is 10.6 Å². The first-order chi connectivity index (χ1) is 11.8. The minimum Gasteiger partial charge on any atom is -0.609 e. The summed E-state index contributed by atoms with van der Waals surface area (Å²) < 4.78 is 37.9. The molecular weight excluding hydrogens is 364 g/mol. The molecule has 25 heavy (non-hydrogen) atoms. The van der Waals surface area contributed by atoms with Gasteiger partial charge in [-0.15, -0.1) is 0 Å². The molecular formula is C14H16N6O3S2. The van der Waals surface area contributed by atoms with Crippen LogP contribution in [0.4, 0.5) is 17.3 Å². The Balaban J connectivity index is 2.04. The van der Waals surface area contributed by atoms with Gasteiger partial charge in [-0.1, -0.05) is 5.10 Å². The van der Waals surface area contributed by atoms with Crippen molar-refractivity contribution in [3.63, 3.8) is 0 Å². The van der Waals surface area contributed by atoms with Crippen LogP contribution in [0.5, 0.6) is 0 Å². The molecule has 132 valence electrons. The lowest BCUT2D eigenvalue weighted by Crippen LogP contribution is -2.26. The highest BCUT2D eigenvalue weighted by molar-refractivity contribution is 7.92. The van der Waals surface area contributed by atoms with E-state index in [9.17, 15) is 13.0 Å². The molecule has 3 aromatic rings. The van der Waals surface area contributed by atoms with E-state index in [-0.39, 0.29) is 11.0 Å². The molecule has 0 amide bonds. The van der Waals surface area contributed by atoms with Crippen LogP contribution in [0.3, 0.4) is 0 Å². The number of aromatic nitrogens is 4. The smallest absolute Gasteiger partial charge is 0.359 e. The molecule has 0 radical (unpaired) electrons. The summed E-state index contributed by atoms with van der Waals surface area (Å²) >= 11 is -1.32. The van der Waals surface area contributed by atoms with Gasteiger partial charge in [0, 0.05) is 24.4 Å². The fourth-order valence-corrected chi connectivity index (χ4v) is 3.01. The molecule has 9 nitrogen and oxygen atoms in total. The summed E-state index contributed by atoms with van der Waals surface area (Å²) in [6, 6.07) is 6.97. The van der Waals surface area contributed by atoms with Crippen LogP contribution in [0.15, 0.2) is 41.8 Å². The van der Waals surface area contributed by atoms with Gasteiger partial charge in [-0.25, -0.2) is 17.9 Å². The lowest BCUT2D eigenvalue weighted by Gasteiger charge is -2.19. The molecule has 0 aliphatic heterocycles. The maximum atomic E-state index is 11.8. The molecule has 0 saturated carbocycles. The van der Waals surface area contributed by atoms with E-state index in [0.29, 0.717) is 17.0 Å². The van der Waals surface area contributed by atoms with Gasteiger partial charge in [-0.05, 0) is 24.3 Å². The Morgan fingerprint density at radius 2 is 2.04 bits per heavy atom. The zero-order valence-electron chi connectivity index (χ0n) is 13.7. The number of hydrogen-bond donors (Lipinski definition) is 1. The van der Waals surface area contributed by atoms with Crippen LogP contribution in [0.25, 0.3) is 5.52 Å². The van der Waals surface area contributed by atoms with Crippen LogP contribution in [0, 0.1) is 0 Å². The van der Waals surface area contributed by atoms with E-state index in [1.807, 2.05) is 0 Å². The van der Waals surface area contributed by atoms with Gasteiger partial charge in [0.05, 0.1) is 23.7 Å². The molecule has 0 spiro atoms. The van der Waals surface area contributed by atoms with E-state index in [1.165, 1.54) is 19.5 Å². The molecule has 0 aliphatic carbocycles. The summed E-state index contributed by atoms with van der Waals surface area (Å²) in [4.78, 5) is 8.19. The van der Waals surface area contributed by atoms with Crippen molar-refractivity contribution in [2.24, 2.45) is 0 Å². The quantitative estimate of drug-likeness (QED) is 0.657. The first kappa shape index (κ1) is 17.5. The highest BCUT2D eigenvalue weighted by Gasteiger charge is 2.18. The maximum Gasteiger partial charge on any atom is 0.359 e. The van der Waals surface area contributed by atoms with Gasteiger partial charge >= 0.3 is 5.16 Å². The van der Waals surface area contributed by atoms with E-state index < -0.39 is 21.2 Å². The number of pyridine rings is 1. The first-order valence-corrected chi connectivity index (χ1v) is 10.5. The molecule has 1 atom stereocenters. The number of nitrogens with one attached hydrogen (secondary N) is 1. The molecule has 3 aromatic heterocycles. The van der Waals surface area contributed by atoms with Gasteiger partial charge in [-0.2, -0.15) is 4.98 Å². The van der Waals surface area contributed by atoms with E-state index in [2.05, 4.69) is 20.4 Å². The minimum absolute atomic E-state index is 0.200. The van der Waals surface area contributed by atoms with Gasteiger partial charge in [0.15, 0.2) is 5.82 Å². The molecule has 1 unspecified atom stereocenters. The second-order valence-corrected chi connectivity index (χ2v) is 8.57. The predicted octanol–water partition coefficient (Wildman–Crippen LogP) is 1.00. The van der Waals surface area contributed by atoms with Crippen molar-refractivity contribution in [1.29, 1.82) is 0 Å². The Bertz CT molecular complexity index is 1020. The third-order valence-electron chi connectivity index (χ3n) is 3.48. The van der Waals surface area contributed by atoms with Crippen LogP contribution in [-0.2, 0) is 21.2 Å². The van der Waals surface area contributed by atoms with Crippen LogP contribution in [0.2, 0.25) is 0 Å². The predicted molar refractivity (Wildman–Crippen MR) is 96.1 cm³/mol. The fraction of sp³-hybridized carbons (Fsp3) is 0.214. The normalized spacial score (nSPS) is 13.0. The molecule has 11 heteroatoms. The molecule has 0 aliphatic rings. The Hall–Kier alpha value is -2.37. The zero-order chi connectivity index (χ0) is 18.2. The van der Waals surface area contributed by atoms with Crippen LogP contribution in [0.1, 0.15) is 0 Å². The molecule has 1 N–H and O–H groups in total. The third-order valence-corrected chi connectivity index (χ3v) is 5.35. The van der Waals surface area contributed by atoms with E-state index in [1.54, 1.807) is 35.0 Å². The Kier molecular flexibility index (Phi) is 4.54. The molecule has 0 saturated heterocycles. The number of fused-ring (bicyclic) bond motifs is 1. The Labute approximate surface area is 147 Å². The number of rotatable bonds is 5. The number of hydrogen-bond acceptors (Lipinski definition) is 7. The van der Waals surface area contributed by atoms with Crippen LogP contribution in [-0.4, -0.2) is 52.1 Å². The molecule has 3 heterocycles. The molecule has 0 fully saturated rings. The topological polar surface area (TPSA) is 116 Å². The highest BCUT2D eigenvalue weighted by Crippen LogP contribution is 2.27. The van der Waals surface area contributed by atoms with Gasteiger partial charge < -0.3 is 9.87 Å². The number of nitrogens with zero attached hydrogens (tertiary/aromatic N) is 5. The summed E-state index contributed by atoms with van der Waals surface area (Å²) in [6.45, 7) is 0. The third kappa shape index (κ3) is 3.52. The average molecular weight is 380 g/mol. The van der Waals surface area contributed by atoms with Crippen molar-refractivity contribution in [2.75, 3.05) is 29.2 Å². The van der Waals surface area contributed by atoms with Crippen molar-refractivity contribution < 1.29 is 13.0 Å². The molecule has 3 rings (SSSR count). The summed E-state index contributed by atoms with van der Waals surface area (Å²) in [5, 5.41) is 7.56. The fourth-order valence-electron chi connectivity index (χ4n) is 2.15. The highest BCUT2D eigenvalue weighted by atomic mass is 32.2. The van der Waals surface area contributed by atoms with E-state index >= 15 is 0 Å². The first-order valence-electron chi connectivity index (χ1n) is 7.11. The SMILES string of the molecule is CN(c1ncccc1Nc1ccc2cnc([S+](C)[O-])nn12)S(C)(=O)=O. The standard InChI is InChI=1S/C14H16N6O3S2/c1-19(25(3,22)23)13-11(5-4-8-15-13)17-12-7-6-10-9-16-14(24(2)21)18-20(10)12/h4-9,17H,1-3H3. The number of anilines is 3. The van der Waals surface area contributed by atoms with Crippen molar-refractivity contribution in [1.82, 2.24) is 19.6 Å². The second kappa shape index (κ2) is 6.50. The van der Waals surface area contributed by atoms with Gasteiger partial charge in [0.25, 0.3) is 0 Å². The Morgan fingerprint density at radius 1 is 1.28 bits per heavy atom. The van der Waals surface area contributed by atoms with Crippen molar-refractivity contribution in [3.8, 4) is 0 Å². The second-order valence-electron chi connectivity index (χ2n) is 5.28. The van der Waals surface area contributed by atoms with Crippen molar-refractivity contribution >= 4 is 44.0 Å². The lowest BCUT2D eigenvalue weighted by molar-refractivity contribution is 0.586. The Morgan fingerprint density at radius 3 is 2.72 bits per heavy atom. The van der Waals surface area contributed by atoms with Crippen molar-refractivity contribution in [2.45, 2.75) is 5.16 Å². The van der Waals surface area contributed by atoms with Crippen molar-refractivity contribution in [3.05, 3.63) is 36.7 Å². The lowest BCUT2D eigenvalue weighted by atomic mass is 10.4. The minimum atomic E-state index is -3.46. The largest absolute Gasteiger partial charge is 0.609 e.